The average Bonchev–Trinajstić information content (AvgIpc) is 2.20. The molecule has 0 fully saturated rings. The third kappa shape index (κ3) is 2.91. The molecule has 0 unspecified atom stereocenters. The molecule has 0 N–H and O–H groups in total. The Balaban J connectivity index is 3.04. The van der Waals surface area contributed by atoms with Gasteiger partial charge in [-0.2, -0.15) is 0 Å². The van der Waals surface area contributed by atoms with Crippen molar-refractivity contribution in [3.05, 3.63) is 38.9 Å². The Bertz CT molecular complexity index is 406. The third-order valence-electron chi connectivity index (χ3n) is 1.79. The second-order valence-corrected chi connectivity index (χ2v) is 3.50. The molecule has 0 radical (unpaired) electrons. The van der Waals surface area contributed by atoms with Gasteiger partial charge in [-0.05, 0) is 5.56 Å². The highest BCUT2D eigenvalue weighted by Crippen LogP contribution is 2.28. The molecule has 4 nitrogen and oxygen atoms in total. The van der Waals surface area contributed by atoms with Gasteiger partial charge in [0.05, 0.1) is 10.8 Å². The fourth-order valence-corrected chi connectivity index (χ4v) is 1.46. The smallest absolute Gasteiger partial charge is 0.288 e. The number of nitro groups is 1. The predicted octanol–water partition coefficient (Wildman–Crippen LogP) is 2.60. The van der Waals surface area contributed by atoms with E-state index >= 15 is 0 Å². The number of nitrogens with zero attached hydrogens (tertiary/aromatic N) is 1. The third-order valence-corrected chi connectivity index (χ3v) is 2.53. The fraction of sp³-hybridized carbons (Fsp3) is 0.222. The monoisotopic (exact) mass is 247 g/mol. The highest BCUT2D eigenvalue weighted by Gasteiger charge is 2.16. The van der Waals surface area contributed by atoms with Crippen molar-refractivity contribution in [2.24, 2.45) is 0 Å². The van der Waals surface area contributed by atoms with E-state index in [1.54, 1.807) is 6.07 Å². The van der Waals surface area contributed by atoms with Crippen LogP contribution in [0.2, 0.25) is 5.02 Å². The van der Waals surface area contributed by atoms with Crippen molar-refractivity contribution >= 4 is 34.7 Å². The van der Waals surface area contributed by atoms with Crippen molar-refractivity contribution < 1.29 is 9.72 Å². The SMILES string of the molecule is O=C(CCl)Cc1cccc([N+](=O)[O-])c1Cl. The lowest BCUT2D eigenvalue weighted by Crippen LogP contribution is -2.05. The van der Waals surface area contributed by atoms with Crippen molar-refractivity contribution in [2.45, 2.75) is 6.42 Å². The van der Waals surface area contributed by atoms with Crippen LogP contribution in [0, 0.1) is 10.1 Å². The summed E-state index contributed by atoms with van der Waals surface area (Å²) in [6, 6.07) is 4.34. The number of nitro benzene ring substituents is 1. The molecule has 6 heteroatoms. The Morgan fingerprint density at radius 2 is 2.13 bits per heavy atom. The molecule has 0 bridgehead atoms. The van der Waals surface area contributed by atoms with Crippen molar-refractivity contribution in [1.82, 2.24) is 0 Å². The normalized spacial score (nSPS) is 10.0. The summed E-state index contributed by atoms with van der Waals surface area (Å²) in [6.07, 6.45) is 0.0179. The van der Waals surface area contributed by atoms with Crippen LogP contribution in [0.1, 0.15) is 5.56 Å². The number of halogens is 2. The van der Waals surface area contributed by atoms with Gasteiger partial charge in [0, 0.05) is 12.5 Å². The van der Waals surface area contributed by atoms with E-state index in [2.05, 4.69) is 0 Å². The topological polar surface area (TPSA) is 60.2 Å². The minimum atomic E-state index is -0.586. The van der Waals surface area contributed by atoms with Gasteiger partial charge >= 0.3 is 0 Å². The van der Waals surface area contributed by atoms with Crippen LogP contribution in [0.25, 0.3) is 0 Å². The quantitative estimate of drug-likeness (QED) is 0.467. The lowest BCUT2D eigenvalue weighted by molar-refractivity contribution is -0.384. The molecular weight excluding hydrogens is 241 g/mol. The maximum atomic E-state index is 11.1. The molecule has 1 aromatic carbocycles. The van der Waals surface area contributed by atoms with E-state index in [0.29, 0.717) is 5.56 Å². The predicted molar refractivity (Wildman–Crippen MR) is 57.5 cm³/mol. The molecule has 0 amide bonds. The van der Waals surface area contributed by atoms with Gasteiger partial charge in [0.1, 0.15) is 5.02 Å². The van der Waals surface area contributed by atoms with Crippen LogP contribution in [0.4, 0.5) is 5.69 Å². The number of hydrogen-bond donors (Lipinski definition) is 0. The first-order valence-corrected chi connectivity index (χ1v) is 4.97. The van der Waals surface area contributed by atoms with Gasteiger partial charge in [0.15, 0.2) is 5.78 Å². The van der Waals surface area contributed by atoms with Crippen LogP contribution in [-0.4, -0.2) is 16.6 Å². The van der Waals surface area contributed by atoms with E-state index in [9.17, 15) is 14.9 Å². The molecule has 0 atom stereocenters. The van der Waals surface area contributed by atoms with Crippen LogP contribution in [0.3, 0.4) is 0 Å². The van der Waals surface area contributed by atoms with Gasteiger partial charge in [-0.3, -0.25) is 14.9 Å². The minimum Gasteiger partial charge on any atom is -0.298 e. The molecule has 1 aromatic rings. The maximum Gasteiger partial charge on any atom is 0.288 e. The molecule has 0 saturated heterocycles. The Morgan fingerprint density at radius 1 is 1.47 bits per heavy atom. The zero-order valence-corrected chi connectivity index (χ0v) is 9.09. The molecule has 15 heavy (non-hydrogen) atoms. The lowest BCUT2D eigenvalue weighted by atomic mass is 10.1. The van der Waals surface area contributed by atoms with Gasteiger partial charge < -0.3 is 0 Å². The Hall–Kier alpha value is -1.13. The van der Waals surface area contributed by atoms with Crippen molar-refractivity contribution in [1.29, 1.82) is 0 Å². The summed E-state index contributed by atoms with van der Waals surface area (Å²) >= 11 is 11.1. The molecule has 0 aliphatic heterocycles. The van der Waals surface area contributed by atoms with E-state index in [1.807, 2.05) is 0 Å². The molecule has 0 saturated carbocycles. The van der Waals surface area contributed by atoms with Gasteiger partial charge in [-0.15, -0.1) is 11.6 Å². The Morgan fingerprint density at radius 3 is 2.67 bits per heavy atom. The molecule has 80 valence electrons. The van der Waals surface area contributed by atoms with Crippen molar-refractivity contribution in [2.75, 3.05) is 5.88 Å². The Labute approximate surface area is 95.9 Å². The maximum absolute atomic E-state index is 11.1. The molecule has 0 spiro atoms. The van der Waals surface area contributed by atoms with Gasteiger partial charge in [0.25, 0.3) is 5.69 Å². The molecule has 0 aliphatic rings. The van der Waals surface area contributed by atoms with Gasteiger partial charge in [-0.25, -0.2) is 0 Å². The first-order chi connectivity index (χ1) is 7.06. The summed E-state index contributed by atoms with van der Waals surface area (Å²) in [5.74, 6) is -0.349. The van der Waals surface area contributed by atoms with Crippen LogP contribution in [0.5, 0.6) is 0 Å². The molecule has 0 aliphatic carbocycles. The molecule has 0 heterocycles. The summed E-state index contributed by atoms with van der Waals surface area (Å²) in [5.41, 5.74) is 0.230. The zero-order chi connectivity index (χ0) is 11.4. The summed E-state index contributed by atoms with van der Waals surface area (Å²) in [6.45, 7) is 0. The zero-order valence-electron chi connectivity index (χ0n) is 7.57. The highest BCUT2D eigenvalue weighted by atomic mass is 35.5. The number of rotatable bonds is 4. The first-order valence-electron chi connectivity index (χ1n) is 4.05. The van der Waals surface area contributed by atoms with Crippen LogP contribution in [-0.2, 0) is 11.2 Å². The molecule has 1 rings (SSSR count). The largest absolute Gasteiger partial charge is 0.298 e. The van der Waals surface area contributed by atoms with E-state index in [0.717, 1.165) is 0 Å². The summed E-state index contributed by atoms with van der Waals surface area (Å²) in [4.78, 5) is 21.0. The highest BCUT2D eigenvalue weighted by molar-refractivity contribution is 6.34. The molecular formula is C9H7Cl2NO3. The Kier molecular flexibility index (Phi) is 4.05. The van der Waals surface area contributed by atoms with E-state index in [4.69, 9.17) is 23.2 Å². The summed E-state index contributed by atoms with van der Waals surface area (Å²) in [5, 5.41) is 10.5. The summed E-state index contributed by atoms with van der Waals surface area (Å²) in [7, 11) is 0. The standard InChI is InChI=1S/C9H7Cl2NO3/c10-5-7(13)4-6-2-1-3-8(9(6)11)12(14)15/h1-3H,4-5H2. The number of Topliss-reactive ketones (excluding diaryl/α,β-unsaturated/α-hetero) is 1. The van der Waals surface area contributed by atoms with Gasteiger partial charge in [0.2, 0.25) is 0 Å². The van der Waals surface area contributed by atoms with Crippen LogP contribution >= 0.6 is 23.2 Å². The second kappa shape index (κ2) is 5.09. The van der Waals surface area contributed by atoms with E-state index in [1.165, 1.54) is 12.1 Å². The van der Waals surface area contributed by atoms with Crippen molar-refractivity contribution in [3.8, 4) is 0 Å². The lowest BCUT2D eigenvalue weighted by Gasteiger charge is -2.02. The first kappa shape index (κ1) is 11.9. The number of benzene rings is 1. The van der Waals surface area contributed by atoms with Gasteiger partial charge in [-0.1, -0.05) is 23.7 Å². The minimum absolute atomic E-state index is 0.000895. The summed E-state index contributed by atoms with van der Waals surface area (Å²) < 4.78 is 0. The average molecular weight is 248 g/mol. The van der Waals surface area contributed by atoms with Crippen molar-refractivity contribution in [3.63, 3.8) is 0 Å². The number of alkyl halides is 1. The van der Waals surface area contributed by atoms with E-state index < -0.39 is 4.92 Å². The number of ketones is 1. The number of carbonyl (C=O) groups is 1. The number of hydrogen-bond acceptors (Lipinski definition) is 3. The fourth-order valence-electron chi connectivity index (χ4n) is 1.10. The molecule has 0 aromatic heterocycles. The second-order valence-electron chi connectivity index (χ2n) is 2.86. The van der Waals surface area contributed by atoms with Crippen LogP contribution < -0.4 is 0 Å². The number of carbonyl (C=O) groups excluding carboxylic acids is 1. The van der Waals surface area contributed by atoms with E-state index in [-0.39, 0.29) is 28.8 Å². The van der Waals surface area contributed by atoms with Crippen LogP contribution in [0.15, 0.2) is 18.2 Å².